The van der Waals surface area contributed by atoms with Crippen LogP contribution in [-0.2, 0) is 19.6 Å². The van der Waals surface area contributed by atoms with Crippen molar-refractivity contribution in [2.24, 2.45) is 0 Å². The Balaban J connectivity index is 1.90. The van der Waals surface area contributed by atoms with Gasteiger partial charge in [0.1, 0.15) is 0 Å². The first-order chi connectivity index (χ1) is 15.7. The number of imide groups is 1. The molecule has 33 heavy (non-hydrogen) atoms. The van der Waals surface area contributed by atoms with Crippen LogP contribution < -0.4 is 10.6 Å². The Morgan fingerprint density at radius 2 is 1.70 bits per heavy atom. The number of halogens is 1. The van der Waals surface area contributed by atoms with Crippen LogP contribution >= 0.6 is 11.6 Å². The first-order valence-corrected chi connectivity index (χ1v) is 12.1. The summed E-state index contributed by atoms with van der Waals surface area (Å²) in [6.07, 6.45) is 1.03. The molecule has 1 heterocycles. The van der Waals surface area contributed by atoms with Gasteiger partial charge in [0.05, 0.1) is 15.5 Å². The summed E-state index contributed by atoms with van der Waals surface area (Å²) < 4.78 is 32.8. The molecule has 11 heteroatoms. The van der Waals surface area contributed by atoms with Crippen molar-refractivity contribution in [1.82, 2.24) is 14.9 Å². The van der Waals surface area contributed by atoms with Crippen LogP contribution in [0.5, 0.6) is 0 Å². The van der Waals surface area contributed by atoms with E-state index in [1.165, 1.54) is 23.5 Å². The van der Waals surface area contributed by atoms with E-state index in [0.29, 0.717) is 18.7 Å². The Morgan fingerprint density at radius 1 is 1.03 bits per heavy atom. The van der Waals surface area contributed by atoms with Crippen molar-refractivity contribution in [2.45, 2.75) is 30.3 Å². The van der Waals surface area contributed by atoms with E-state index in [-0.39, 0.29) is 15.5 Å². The van der Waals surface area contributed by atoms with Crippen molar-refractivity contribution in [3.63, 3.8) is 0 Å². The Hall–Kier alpha value is -2.95. The second kappa shape index (κ2) is 10.8. The molecule has 1 aliphatic rings. The molecule has 0 spiro atoms. The monoisotopic (exact) mass is 493 g/mol. The van der Waals surface area contributed by atoms with Gasteiger partial charge < -0.3 is 10.1 Å². The molecule has 2 aromatic rings. The van der Waals surface area contributed by atoms with Crippen LogP contribution in [-0.4, -0.2) is 50.8 Å². The second-order valence-electron chi connectivity index (χ2n) is 7.37. The van der Waals surface area contributed by atoms with Crippen LogP contribution in [0.15, 0.2) is 53.4 Å². The van der Waals surface area contributed by atoms with Gasteiger partial charge in [0, 0.05) is 25.7 Å². The van der Waals surface area contributed by atoms with Gasteiger partial charge in [0.15, 0.2) is 0 Å². The highest BCUT2D eigenvalue weighted by Gasteiger charge is 2.30. The summed E-state index contributed by atoms with van der Waals surface area (Å²) in [5, 5.41) is 4.29. The van der Waals surface area contributed by atoms with Gasteiger partial charge in [-0.3, -0.25) is 10.1 Å². The van der Waals surface area contributed by atoms with E-state index in [4.69, 9.17) is 16.3 Å². The molecule has 0 bridgehead atoms. The Morgan fingerprint density at radius 3 is 2.33 bits per heavy atom. The number of rotatable bonds is 6. The minimum absolute atomic E-state index is 0.0314. The minimum atomic E-state index is -3.82. The summed E-state index contributed by atoms with van der Waals surface area (Å²) in [5.74, 6) is -1.88. The number of carbonyl (C=O) groups excluding carboxylic acids is 3. The molecular formula is C22H24ClN3O6S. The summed E-state index contributed by atoms with van der Waals surface area (Å²) in [7, 11) is -2.48. The van der Waals surface area contributed by atoms with Crippen molar-refractivity contribution in [3.8, 4) is 0 Å². The van der Waals surface area contributed by atoms with E-state index in [1.54, 1.807) is 30.3 Å². The van der Waals surface area contributed by atoms with Gasteiger partial charge in [0.2, 0.25) is 16.1 Å². The predicted octanol–water partition coefficient (Wildman–Crippen LogP) is 2.87. The van der Waals surface area contributed by atoms with Crippen LogP contribution in [0.3, 0.4) is 0 Å². The summed E-state index contributed by atoms with van der Waals surface area (Å²) in [6, 6.07) is 11.1. The summed E-state index contributed by atoms with van der Waals surface area (Å²) >= 11 is 6.17. The fourth-order valence-corrected chi connectivity index (χ4v) is 5.13. The smallest absolute Gasteiger partial charge is 0.340 e. The molecule has 2 N–H and O–H groups in total. The van der Waals surface area contributed by atoms with E-state index >= 15 is 0 Å². The van der Waals surface area contributed by atoms with E-state index in [9.17, 15) is 22.8 Å². The normalized spacial score (nSPS) is 15.3. The number of sulfonamides is 1. The summed E-state index contributed by atoms with van der Waals surface area (Å²) in [6.45, 7) is 0.807. The molecule has 1 atom stereocenters. The number of nitrogens with zero attached hydrogens (tertiary/aromatic N) is 1. The first-order valence-electron chi connectivity index (χ1n) is 10.3. The number of hydrogen-bond acceptors (Lipinski definition) is 6. The quantitative estimate of drug-likeness (QED) is 0.597. The first kappa shape index (κ1) is 24.7. The number of esters is 1. The number of benzene rings is 2. The molecule has 0 radical (unpaired) electrons. The maximum absolute atomic E-state index is 13.0. The largest absolute Gasteiger partial charge is 0.444 e. The predicted molar refractivity (Wildman–Crippen MR) is 121 cm³/mol. The molecule has 0 aromatic heterocycles. The zero-order valence-electron chi connectivity index (χ0n) is 17.9. The number of ether oxygens (including phenoxy) is 1. The molecule has 1 fully saturated rings. The Kier molecular flexibility index (Phi) is 8.06. The van der Waals surface area contributed by atoms with Crippen molar-refractivity contribution < 1.29 is 27.5 Å². The van der Waals surface area contributed by atoms with E-state index in [1.807, 2.05) is 0 Å². The van der Waals surface area contributed by atoms with Crippen LogP contribution in [0.1, 0.15) is 41.3 Å². The van der Waals surface area contributed by atoms with Gasteiger partial charge >= 0.3 is 12.0 Å². The maximum atomic E-state index is 13.0. The summed E-state index contributed by atoms with van der Waals surface area (Å²) in [5.41, 5.74) is 0.115. The third-order valence-corrected chi connectivity index (χ3v) is 7.36. The maximum Gasteiger partial charge on any atom is 0.340 e. The fraction of sp³-hybridized carbons (Fsp3) is 0.318. The van der Waals surface area contributed by atoms with Crippen molar-refractivity contribution in [1.29, 1.82) is 0 Å². The average Bonchev–Trinajstić information content (AvgIpc) is 2.83. The lowest BCUT2D eigenvalue weighted by Gasteiger charge is -2.26. The van der Waals surface area contributed by atoms with Crippen LogP contribution in [0.2, 0.25) is 5.02 Å². The van der Waals surface area contributed by atoms with Gasteiger partial charge in [-0.2, -0.15) is 4.31 Å². The number of urea groups is 1. The lowest BCUT2D eigenvalue weighted by atomic mass is 10.1. The molecule has 0 unspecified atom stereocenters. The topological polar surface area (TPSA) is 122 Å². The Bertz CT molecular complexity index is 1130. The molecule has 2 aromatic carbocycles. The number of nitrogens with one attached hydrogen (secondary N) is 2. The van der Waals surface area contributed by atoms with E-state index < -0.39 is 34.0 Å². The molecule has 9 nitrogen and oxygen atoms in total. The second-order valence-corrected chi connectivity index (χ2v) is 9.72. The number of amides is 3. The molecule has 1 saturated heterocycles. The van der Waals surface area contributed by atoms with Crippen LogP contribution in [0.25, 0.3) is 0 Å². The zero-order valence-corrected chi connectivity index (χ0v) is 19.5. The fourth-order valence-electron chi connectivity index (χ4n) is 3.39. The number of carbonyl (C=O) groups is 3. The molecule has 3 rings (SSSR count). The third kappa shape index (κ3) is 5.89. The molecule has 3 amide bonds. The lowest BCUT2D eigenvalue weighted by molar-refractivity contribution is -0.129. The van der Waals surface area contributed by atoms with E-state index in [0.717, 1.165) is 25.3 Å². The van der Waals surface area contributed by atoms with Gasteiger partial charge in [-0.05, 0) is 31.0 Å². The van der Waals surface area contributed by atoms with Gasteiger partial charge in [0.25, 0.3) is 5.91 Å². The zero-order chi connectivity index (χ0) is 24.0. The SMILES string of the molecule is CNC(=O)NC(=O)[C@@H](OC(=O)c1cc(S(=O)(=O)N2CCCCC2)ccc1Cl)c1ccccc1. The highest BCUT2D eigenvalue weighted by molar-refractivity contribution is 7.89. The lowest BCUT2D eigenvalue weighted by Crippen LogP contribution is -2.41. The average molecular weight is 494 g/mol. The van der Waals surface area contributed by atoms with Gasteiger partial charge in [-0.15, -0.1) is 0 Å². The number of piperidine rings is 1. The van der Waals surface area contributed by atoms with Crippen LogP contribution in [0.4, 0.5) is 4.79 Å². The minimum Gasteiger partial charge on any atom is -0.444 e. The third-order valence-electron chi connectivity index (χ3n) is 5.14. The standard InChI is InChI=1S/C22H24ClN3O6S/c1-24-22(29)25-20(27)19(15-8-4-2-5-9-15)32-21(28)17-14-16(10-11-18(17)23)33(30,31)26-12-6-3-7-13-26/h2,4-5,8-11,14,19H,3,6-7,12-13H2,1H3,(H2,24,25,27,29)/t19-/m0/s1. The summed E-state index contributed by atoms with van der Waals surface area (Å²) in [4.78, 5) is 37.1. The molecular weight excluding hydrogens is 470 g/mol. The van der Waals surface area contributed by atoms with E-state index in [2.05, 4.69) is 10.6 Å². The molecule has 176 valence electrons. The van der Waals surface area contributed by atoms with Crippen molar-refractivity contribution >= 4 is 39.5 Å². The highest BCUT2D eigenvalue weighted by Crippen LogP contribution is 2.27. The highest BCUT2D eigenvalue weighted by atomic mass is 35.5. The molecule has 0 aliphatic carbocycles. The van der Waals surface area contributed by atoms with Gasteiger partial charge in [-0.25, -0.2) is 18.0 Å². The molecule has 0 saturated carbocycles. The van der Waals surface area contributed by atoms with Gasteiger partial charge in [-0.1, -0.05) is 48.4 Å². The van der Waals surface area contributed by atoms with Crippen LogP contribution in [0, 0.1) is 0 Å². The Labute approximate surface area is 197 Å². The molecule has 1 aliphatic heterocycles. The number of hydrogen-bond donors (Lipinski definition) is 2. The van der Waals surface area contributed by atoms with Crippen molar-refractivity contribution in [3.05, 3.63) is 64.7 Å². The van der Waals surface area contributed by atoms with Crippen molar-refractivity contribution in [2.75, 3.05) is 20.1 Å².